The summed E-state index contributed by atoms with van der Waals surface area (Å²) in [6.07, 6.45) is 6.01. The summed E-state index contributed by atoms with van der Waals surface area (Å²) in [5.41, 5.74) is 3.21. The number of hydrogen-bond donors (Lipinski definition) is 2. The quantitative estimate of drug-likeness (QED) is 0.627. The third-order valence-corrected chi connectivity index (χ3v) is 6.15. The van der Waals surface area contributed by atoms with Crippen LogP contribution in [-0.2, 0) is 6.42 Å². The lowest BCUT2D eigenvalue weighted by Gasteiger charge is -2.23. The highest BCUT2D eigenvalue weighted by molar-refractivity contribution is 6.15. The lowest BCUT2D eigenvalue weighted by molar-refractivity contribution is 0.101. The van der Waals surface area contributed by atoms with Gasteiger partial charge in [-0.1, -0.05) is 18.2 Å². The molecule has 0 unspecified atom stereocenters. The van der Waals surface area contributed by atoms with Crippen molar-refractivity contribution in [2.45, 2.75) is 25.7 Å². The van der Waals surface area contributed by atoms with Crippen molar-refractivity contribution >= 4 is 22.8 Å². The predicted molar refractivity (Wildman–Crippen MR) is 116 cm³/mol. The number of piperidine rings is 1. The highest BCUT2D eigenvalue weighted by Crippen LogP contribution is 2.41. The van der Waals surface area contributed by atoms with E-state index in [1.54, 1.807) is 19.3 Å². The van der Waals surface area contributed by atoms with Crippen LogP contribution in [0, 0.1) is 5.92 Å². The van der Waals surface area contributed by atoms with E-state index in [2.05, 4.69) is 15.5 Å². The van der Waals surface area contributed by atoms with Crippen LogP contribution in [0.15, 0.2) is 42.2 Å². The van der Waals surface area contributed by atoms with Gasteiger partial charge in [-0.25, -0.2) is 0 Å². The molecule has 6 heteroatoms. The van der Waals surface area contributed by atoms with Crippen LogP contribution < -0.4 is 14.8 Å². The number of allylic oxidation sites excluding steroid dienone is 1. The van der Waals surface area contributed by atoms with E-state index >= 15 is 0 Å². The largest absolute Gasteiger partial charge is 0.496 e. The third kappa shape index (κ3) is 3.37. The molecule has 0 aliphatic carbocycles. The Labute approximate surface area is 175 Å². The van der Waals surface area contributed by atoms with Crippen LogP contribution in [0.1, 0.15) is 40.9 Å². The molecule has 2 aliphatic heterocycles. The van der Waals surface area contributed by atoms with Crippen molar-refractivity contribution in [1.82, 2.24) is 15.5 Å². The van der Waals surface area contributed by atoms with Gasteiger partial charge in [0.15, 0.2) is 5.76 Å². The number of methoxy groups -OCH3 is 1. The van der Waals surface area contributed by atoms with Crippen molar-refractivity contribution in [1.29, 1.82) is 0 Å². The molecule has 5 rings (SSSR count). The second-order valence-corrected chi connectivity index (χ2v) is 7.95. The van der Waals surface area contributed by atoms with E-state index < -0.39 is 0 Å². The van der Waals surface area contributed by atoms with E-state index in [4.69, 9.17) is 9.47 Å². The number of benzene rings is 2. The van der Waals surface area contributed by atoms with Gasteiger partial charge in [0.25, 0.3) is 0 Å². The summed E-state index contributed by atoms with van der Waals surface area (Å²) in [7, 11) is 1.67. The summed E-state index contributed by atoms with van der Waals surface area (Å²) in [4.78, 5) is 13.0. The van der Waals surface area contributed by atoms with Crippen LogP contribution in [0.5, 0.6) is 11.5 Å². The molecule has 2 aromatic carbocycles. The number of aromatic amines is 1. The van der Waals surface area contributed by atoms with Gasteiger partial charge in [0.2, 0.25) is 5.78 Å². The smallest absolute Gasteiger partial charge is 0.232 e. The summed E-state index contributed by atoms with van der Waals surface area (Å²) in [6.45, 7) is 2.16. The van der Waals surface area contributed by atoms with Crippen molar-refractivity contribution in [3.8, 4) is 11.5 Å². The van der Waals surface area contributed by atoms with E-state index in [9.17, 15) is 4.79 Å². The molecular weight excluding hydrogens is 378 g/mol. The molecule has 154 valence electrons. The first-order valence-corrected chi connectivity index (χ1v) is 10.5. The number of para-hydroxylation sites is 1. The number of ketones is 1. The number of nitrogens with zero attached hydrogens (tertiary/aromatic N) is 1. The van der Waals surface area contributed by atoms with Gasteiger partial charge >= 0.3 is 0 Å². The average molecular weight is 403 g/mol. The number of carbonyl (C=O) groups is 1. The second kappa shape index (κ2) is 7.95. The summed E-state index contributed by atoms with van der Waals surface area (Å²) in [5, 5.41) is 11.7. The van der Waals surface area contributed by atoms with Gasteiger partial charge in [-0.05, 0) is 62.9 Å². The highest BCUT2D eigenvalue weighted by atomic mass is 16.5. The molecule has 3 aromatic rings. The topological polar surface area (TPSA) is 76.2 Å². The fourth-order valence-electron chi connectivity index (χ4n) is 4.45. The fraction of sp³-hybridized carbons (Fsp3) is 0.333. The van der Waals surface area contributed by atoms with Crippen molar-refractivity contribution in [2.75, 3.05) is 20.2 Å². The molecule has 6 nitrogen and oxygen atoms in total. The van der Waals surface area contributed by atoms with Crippen LogP contribution in [0.4, 0.5) is 0 Å². The Bertz CT molecular complexity index is 1130. The van der Waals surface area contributed by atoms with Crippen molar-refractivity contribution in [3.05, 3.63) is 59.0 Å². The molecule has 1 aromatic heterocycles. The number of carbonyl (C=O) groups excluding carboxylic acids is 1. The van der Waals surface area contributed by atoms with Gasteiger partial charge in [0, 0.05) is 17.0 Å². The SMILES string of the molecule is COc1ccc2c(c1CCC1CCNCC1)OC(=Cc1n[nH]c3ccccc13)C2=O. The van der Waals surface area contributed by atoms with Crippen LogP contribution in [0.3, 0.4) is 0 Å². The first-order valence-electron chi connectivity index (χ1n) is 10.5. The van der Waals surface area contributed by atoms with E-state index in [0.29, 0.717) is 28.7 Å². The maximum absolute atomic E-state index is 13.0. The summed E-state index contributed by atoms with van der Waals surface area (Å²) in [6, 6.07) is 11.5. The first-order chi connectivity index (χ1) is 14.7. The van der Waals surface area contributed by atoms with Crippen molar-refractivity contribution < 1.29 is 14.3 Å². The number of hydrogen-bond acceptors (Lipinski definition) is 5. The lowest BCUT2D eigenvalue weighted by atomic mass is 9.90. The summed E-state index contributed by atoms with van der Waals surface area (Å²) in [5.74, 6) is 2.30. The van der Waals surface area contributed by atoms with Crippen molar-refractivity contribution in [3.63, 3.8) is 0 Å². The number of nitrogens with one attached hydrogen (secondary N) is 2. The fourth-order valence-corrected chi connectivity index (χ4v) is 4.45. The van der Waals surface area contributed by atoms with Crippen LogP contribution in [0.25, 0.3) is 17.0 Å². The molecule has 2 N–H and O–H groups in total. The van der Waals surface area contributed by atoms with E-state index in [1.807, 2.05) is 30.3 Å². The standard InChI is InChI=1S/C24H25N3O3/c1-29-21-9-8-18-23(28)22(14-20-16-4-2-3-5-19(16)26-27-20)30-24(18)17(21)7-6-15-10-12-25-13-11-15/h2-5,8-9,14-15,25H,6-7,10-13H2,1H3,(H,26,27). The van der Waals surface area contributed by atoms with E-state index in [0.717, 1.165) is 48.1 Å². The zero-order chi connectivity index (χ0) is 20.5. The lowest BCUT2D eigenvalue weighted by Crippen LogP contribution is -2.27. The molecule has 30 heavy (non-hydrogen) atoms. The molecule has 1 fully saturated rings. The van der Waals surface area contributed by atoms with Crippen molar-refractivity contribution in [2.24, 2.45) is 5.92 Å². The van der Waals surface area contributed by atoms with Gasteiger partial charge in [0.05, 0.1) is 23.9 Å². The number of H-pyrrole nitrogens is 1. The monoisotopic (exact) mass is 403 g/mol. The van der Waals surface area contributed by atoms with Crippen LogP contribution in [0.2, 0.25) is 0 Å². The van der Waals surface area contributed by atoms with E-state index in [-0.39, 0.29) is 5.78 Å². The normalized spacial score (nSPS) is 18.0. The van der Waals surface area contributed by atoms with Gasteiger partial charge in [0.1, 0.15) is 11.5 Å². The maximum Gasteiger partial charge on any atom is 0.232 e. The summed E-state index contributed by atoms with van der Waals surface area (Å²) < 4.78 is 11.7. The zero-order valence-corrected chi connectivity index (χ0v) is 17.0. The Morgan fingerprint density at radius 1 is 1.20 bits per heavy atom. The number of Topliss-reactive ketones (excluding diaryl/α,β-unsaturated/α-hetero) is 1. The maximum atomic E-state index is 13.0. The average Bonchev–Trinajstić information content (AvgIpc) is 3.34. The zero-order valence-electron chi connectivity index (χ0n) is 17.0. The molecule has 0 atom stereocenters. The molecular formula is C24H25N3O3. The molecule has 0 spiro atoms. The minimum Gasteiger partial charge on any atom is -0.496 e. The molecule has 0 amide bonds. The highest BCUT2D eigenvalue weighted by Gasteiger charge is 2.32. The third-order valence-electron chi connectivity index (χ3n) is 6.15. The summed E-state index contributed by atoms with van der Waals surface area (Å²) >= 11 is 0. The molecule has 0 bridgehead atoms. The van der Waals surface area contributed by atoms with Gasteiger partial charge in [-0.2, -0.15) is 5.10 Å². The predicted octanol–water partition coefficient (Wildman–Crippen LogP) is 4.12. The van der Waals surface area contributed by atoms with Gasteiger partial charge in [-0.15, -0.1) is 0 Å². The van der Waals surface area contributed by atoms with Gasteiger partial charge < -0.3 is 14.8 Å². The Hall–Kier alpha value is -3.12. The number of rotatable bonds is 5. The second-order valence-electron chi connectivity index (χ2n) is 7.95. The number of fused-ring (bicyclic) bond motifs is 2. The molecule has 1 saturated heterocycles. The molecule has 3 heterocycles. The Kier molecular flexibility index (Phi) is 5.01. The van der Waals surface area contributed by atoms with Crippen LogP contribution in [-0.4, -0.2) is 36.2 Å². The number of aromatic nitrogens is 2. The number of ether oxygens (including phenoxy) is 2. The molecule has 0 saturated carbocycles. The Morgan fingerprint density at radius 2 is 2.03 bits per heavy atom. The minimum absolute atomic E-state index is 0.108. The Balaban J connectivity index is 1.46. The minimum atomic E-state index is -0.108. The van der Waals surface area contributed by atoms with E-state index in [1.165, 1.54) is 12.8 Å². The van der Waals surface area contributed by atoms with Gasteiger partial charge in [-0.3, -0.25) is 9.89 Å². The first kappa shape index (κ1) is 18.9. The molecule has 2 aliphatic rings. The molecule has 0 radical (unpaired) electrons. The Morgan fingerprint density at radius 3 is 2.87 bits per heavy atom. The van der Waals surface area contributed by atoms with Crippen LogP contribution >= 0.6 is 0 Å².